The summed E-state index contributed by atoms with van der Waals surface area (Å²) in [4.78, 5) is 42.2. The summed E-state index contributed by atoms with van der Waals surface area (Å²) >= 11 is 6.31. The number of benzene rings is 4. The zero-order valence-corrected chi connectivity index (χ0v) is 25.4. The maximum atomic E-state index is 14.2. The summed E-state index contributed by atoms with van der Waals surface area (Å²) in [6, 6.07) is 29.4. The van der Waals surface area contributed by atoms with Gasteiger partial charge in [-0.3, -0.25) is 14.5 Å². The Morgan fingerprint density at radius 3 is 2.16 bits per heavy atom. The number of nitrogens with one attached hydrogen (secondary N) is 2. The minimum absolute atomic E-state index is 0.114. The highest BCUT2D eigenvalue weighted by atomic mass is 35.5. The van der Waals surface area contributed by atoms with Gasteiger partial charge in [-0.1, -0.05) is 84.4 Å². The summed E-state index contributed by atoms with van der Waals surface area (Å²) in [7, 11) is 0. The van der Waals surface area contributed by atoms with Gasteiger partial charge in [0.15, 0.2) is 0 Å². The summed E-state index contributed by atoms with van der Waals surface area (Å²) in [5, 5.41) is 6.24. The number of imide groups is 1. The van der Waals surface area contributed by atoms with Crippen molar-refractivity contribution in [3.8, 4) is 5.75 Å². The van der Waals surface area contributed by atoms with Crippen molar-refractivity contribution in [2.75, 3.05) is 13.2 Å². The molecule has 4 amide bonds. The number of urea groups is 1. The molecule has 0 saturated heterocycles. The van der Waals surface area contributed by atoms with Crippen molar-refractivity contribution >= 4 is 29.4 Å². The van der Waals surface area contributed by atoms with Crippen LogP contribution < -0.4 is 21.1 Å². The summed E-state index contributed by atoms with van der Waals surface area (Å²) < 4.78 is 5.55. The van der Waals surface area contributed by atoms with Crippen molar-refractivity contribution in [3.05, 3.63) is 136 Å². The third-order valence-electron chi connectivity index (χ3n) is 7.07. The second kappa shape index (κ2) is 16.3. The molecule has 4 rings (SSSR count). The predicted octanol–water partition coefficient (Wildman–Crippen LogP) is 5.52. The molecular weight excluding hydrogens is 576 g/mol. The van der Waals surface area contributed by atoms with Gasteiger partial charge in [-0.25, -0.2) is 4.79 Å². The van der Waals surface area contributed by atoms with Gasteiger partial charge in [0.05, 0.1) is 6.61 Å². The van der Waals surface area contributed by atoms with Crippen molar-refractivity contribution in [2.24, 2.45) is 5.73 Å². The second-order valence-corrected chi connectivity index (χ2v) is 10.6. The zero-order valence-electron chi connectivity index (χ0n) is 24.7. The summed E-state index contributed by atoms with van der Waals surface area (Å²) in [6.07, 6.45) is 0.620. The van der Waals surface area contributed by atoms with Gasteiger partial charge < -0.3 is 21.1 Å². The van der Waals surface area contributed by atoms with Crippen LogP contribution in [0, 0.1) is 0 Å². The van der Waals surface area contributed by atoms with E-state index in [2.05, 4.69) is 10.6 Å². The molecule has 0 saturated carbocycles. The van der Waals surface area contributed by atoms with Gasteiger partial charge >= 0.3 is 6.03 Å². The van der Waals surface area contributed by atoms with E-state index in [0.717, 1.165) is 22.3 Å². The number of amides is 4. The van der Waals surface area contributed by atoms with Crippen LogP contribution >= 0.6 is 11.6 Å². The van der Waals surface area contributed by atoms with Gasteiger partial charge in [-0.15, -0.1) is 0 Å². The van der Waals surface area contributed by atoms with E-state index in [1.54, 1.807) is 30.3 Å². The first-order chi connectivity index (χ1) is 21.4. The fourth-order valence-electron chi connectivity index (χ4n) is 4.68. The minimum Gasteiger partial charge on any atom is -0.494 e. The van der Waals surface area contributed by atoms with Crippen LogP contribution in [-0.2, 0) is 30.7 Å². The van der Waals surface area contributed by atoms with E-state index in [1.807, 2.05) is 79.7 Å². The van der Waals surface area contributed by atoms with Gasteiger partial charge in [-0.05, 0) is 65.9 Å². The molecule has 0 bridgehead atoms. The molecule has 4 aromatic carbocycles. The molecule has 0 aliphatic rings. The van der Waals surface area contributed by atoms with E-state index in [4.69, 9.17) is 22.1 Å². The third kappa shape index (κ3) is 9.17. The van der Waals surface area contributed by atoms with Crippen LogP contribution in [-0.4, -0.2) is 41.9 Å². The molecule has 0 aromatic heterocycles. The van der Waals surface area contributed by atoms with Crippen molar-refractivity contribution in [2.45, 2.75) is 38.9 Å². The average Bonchev–Trinajstić information content (AvgIpc) is 3.05. The van der Waals surface area contributed by atoms with Crippen molar-refractivity contribution < 1.29 is 19.1 Å². The molecule has 4 aromatic rings. The number of hydrogen-bond acceptors (Lipinski definition) is 5. The van der Waals surface area contributed by atoms with Gasteiger partial charge in [0, 0.05) is 36.6 Å². The standard InChI is InChI=1S/C35H37ClN4O4/c1-2-44-30-17-14-26(15-18-30)22-32(39-33(41)28-11-7-4-8-12-28)34(42)40(20-19-25-9-5-3-6-10-25)35(43)38-24-27-13-16-29(23-37)31(36)21-27/h3-18,21,32H,2,19-20,22-24,37H2,1H3,(H,38,43)(H,39,41)/t32-/m1/s1. The number of hydrogen-bond donors (Lipinski definition) is 3. The Labute approximate surface area is 263 Å². The monoisotopic (exact) mass is 612 g/mol. The first-order valence-electron chi connectivity index (χ1n) is 14.6. The van der Waals surface area contributed by atoms with E-state index in [9.17, 15) is 14.4 Å². The summed E-state index contributed by atoms with van der Waals surface area (Å²) in [6.45, 7) is 3.00. The van der Waals surface area contributed by atoms with Crippen LogP contribution in [0.25, 0.3) is 0 Å². The van der Waals surface area contributed by atoms with Gasteiger partial charge in [0.1, 0.15) is 11.8 Å². The van der Waals surface area contributed by atoms with Crippen LogP contribution in [0.3, 0.4) is 0 Å². The topological polar surface area (TPSA) is 114 Å². The Morgan fingerprint density at radius 1 is 0.864 bits per heavy atom. The Kier molecular flexibility index (Phi) is 11.9. The quantitative estimate of drug-likeness (QED) is 0.184. The van der Waals surface area contributed by atoms with Crippen LogP contribution in [0.4, 0.5) is 4.79 Å². The lowest BCUT2D eigenvalue weighted by molar-refractivity contribution is -0.130. The lowest BCUT2D eigenvalue weighted by Gasteiger charge is -2.27. The largest absolute Gasteiger partial charge is 0.494 e. The Bertz CT molecular complexity index is 1530. The summed E-state index contributed by atoms with van der Waals surface area (Å²) in [5.41, 5.74) is 9.47. The molecule has 228 valence electrons. The molecule has 0 radical (unpaired) electrons. The zero-order chi connectivity index (χ0) is 31.3. The number of carbonyl (C=O) groups is 3. The number of nitrogens with zero attached hydrogens (tertiary/aromatic N) is 1. The van der Waals surface area contributed by atoms with Crippen LogP contribution in [0.1, 0.15) is 39.5 Å². The molecule has 8 nitrogen and oxygen atoms in total. The number of carbonyl (C=O) groups excluding carboxylic acids is 3. The van der Waals surface area contributed by atoms with Crippen LogP contribution in [0.5, 0.6) is 5.75 Å². The normalized spacial score (nSPS) is 11.3. The number of ether oxygens (including phenoxy) is 1. The van der Waals surface area contributed by atoms with E-state index >= 15 is 0 Å². The van der Waals surface area contributed by atoms with Gasteiger partial charge in [0.25, 0.3) is 11.8 Å². The molecule has 1 atom stereocenters. The molecule has 0 fully saturated rings. The van der Waals surface area contributed by atoms with E-state index < -0.39 is 23.9 Å². The highest BCUT2D eigenvalue weighted by Crippen LogP contribution is 2.18. The lowest BCUT2D eigenvalue weighted by Crippen LogP contribution is -2.54. The maximum Gasteiger partial charge on any atom is 0.324 e. The average molecular weight is 613 g/mol. The van der Waals surface area contributed by atoms with Crippen molar-refractivity contribution in [3.63, 3.8) is 0 Å². The second-order valence-electron chi connectivity index (χ2n) is 10.2. The first kappa shape index (κ1) is 32.3. The molecule has 9 heteroatoms. The Balaban J connectivity index is 1.59. The van der Waals surface area contributed by atoms with Crippen LogP contribution in [0.15, 0.2) is 103 Å². The maximum absolute atomic E-state index is 14.2. The van der Waals surface area contributed by atoms with Crippen LogP contribution in [0.2, 0.25) is 5.02 Å². The van der Waals surface area contributed by atoms with Gasteiger partial charge in [0.2, 0.25) is 0 Å². The summed E-state index contributed by atoms with van der Waals surface area (Å²) in [5.74, 6) is -0.225. The number of nitrogens with two attached hydrogens (primary N) is 1. The van der Waals surface area contributed by atoms with E-state index in [-0.39, 0.29) is 19.5 Å². The fraction of sp³-hybridized carbons (Fsp3) is 0.229. The lowest BCUT2D eigenvalue weighted by atomic mass is 10.0. The first-order valence-corrected chi connectivity index (χ1v) is 14.9. The molecule has 0 spiro atoms. The van der Waals surface area contributed by atoms with Crippen molar-refractivity contribution in [1.82, 2.24) is 15.5 Å². The fourth-order valence-corrected chi connectivity index (χ4v) is 4.96. The van der Waals surface area contributed by atoms with E-state index in [0.29, 0.717) is 35.9 Å². The van der Waals surface area contributed by atoms with Crippen molar-refractivity contribution in [1.29, 1.82) is 0 Å². The third-order valence-corrected chi connectivity index (χ3v) is 7.42. The molecule has 0 unspecified atom stereocenters. The molecule has 0 heterocycles. The molecule has 4 N–H and O–H groups in total. The Hall–Kier alpha value is -4.66. The predicted molar refractivity (Wildman–Crippen MR) is 172 cm³/mol. The van der Waals surface area contributed by atoms with Gasteiger partial charge in [-0.2, -0.15) is 0 Å². The molecule has 0 aliphatic heterocycles. The molecular formula is C35H37ClN4O4. The molecule has 44 heavy (non-hydrogen) atoms. The highest BCUT2D eigenvalue weighted by Gasteiger charge is 2.30. The highest BCUT2D eigenvalue weighted by molar-refractivity contribution is 6.31. The molecule has 0 aliphatic carbocycles. The number of rotatable bonds is 13. The smallest absolute Gasteiger partial charge is 0.324 e. The Morgan fingerprint density at radius 2 is 1.52 bits per heavy atom. The SMILES string of the molecule is CCOc1ccc(C[C@@H](NC(=O)c2ccccc2)C(=O)N(CCc2ccccc2)C(=O)NCc2ccc(CN)c(Cl)c2)cc1. The minimum atomic E-state index is -1.01. The van der Waals surface area contributed by atoms with E-state index in [1.165, 1.54) is 4.90 Å². The number of halogens is 1.